The molecule has 0 bridgehead atoms. The summed E-state index contributed by atoms with van der Waals surface area (Å²) in [6, 6.07) is 7.84. The van der Waals surface area contributed by atoms with E-state index in [-0.39, 0.29) is 16.3 Å². The Morgan fingerprint density at radius 3 is 2.50 bits per heavy atom. The molecule has 4 nitrogen and oxygen atoms in total. The fraction of sp³-hybridized carbons (Fsp3) is 0. The van der Waals surface area contributed by atoms with E-state index in [0.717, 1.165) is 0 Å². The molecule has 2 rings (SSSR count). The van der Waals surface area contributed by atoms with E-state index in [0.29, 0.717) is 20.9 Å². The molecule has 0 radical (unpaired) electrons. The minimum absolute atomic E-state index is 0.108. The Balaban J connectivity index is 2.50. The summed E-state index contributed by atoms with van der Waals surface area (Å²) in [6.07, 6.45) is 0. The largest absolute Gasteiger partial charge is 0.454 e. The van der Waals surface area contributed by atoms with Crippen LogP contribution < -0.4 is 16.2 Å². The summed E-state index contributed by atoms with van der Waals surface area (Å²) in [7, 11) is 0. The van der Waals surface area contributed by atoms with Gasteiger partial charge in [0, 0.05) is 10.7 Å². The summed E-state index contributed by atoms with van der Waals surface area (Å²) in [5, 5.41) is 0.739. The number of hydrogen-bond acceptors (Lipinski definition) is 3. The molecule has 2 aromatic carbocycles. The first-order valence-electron chi connectivity index (χ1n) is 5.40. The molecular formula is C13H9BrCl2N2O2. The zero-order valence-corrected chi connectivity index (χ0v) is 13.1. The van der Waals surface area contributed by atoms with Gasteiger partial charge in [-0.2, -0.15) is 0 Å². The third-order valence-corrected chi connectivity index (χ3v) is 3.57. The van der Waals surface area contributed by atoms with Gasteiger partial charge >= 0.3 is 0 Å². The van der Waals surface area contributed by atoms with Gasteiger partial charge in [-0.25, -0.2) is 0 Å². The Morgan fingerprint density at radius 2 is 1.90 bits per heavy atom. The number of nitrogens with two attached hydrogens (primary N) is 2. The molecule has 20 heavy (non-hydrogen) atoms. The molecule has 0 aliphatic heterocycles. The van der Waals surface area contributed by atoms with Crippen molar-refractivity contribution in [3.8, 4) is 11.5 Å². The SMILES string of the molecule is NC(=O)c1cc(N)cc(Cl)c1Oc1ccc(Cl)cc1Br. The smallest absolute Gasteiger partial charge is 0.252 e. The molecule has 0 saturated carbocycles. The Labute approximate surface area is 133 Å². The van der Waals surface area contributed by atoms with Crippen LogP contribution in [-0.4, -0.2) is 5.91 Å². The molecule has 4 N–H and O–H groups in total. The number of carbonyl (C=O) groups excluding carboxylic acids is 1. The van der Waals surface area contributed by atoms with Crippen LogP contribution in [0.1, 0.15) is 10.4 Å². The molecule has 0 fully saturated rings. The third-order valence-electron chi connectivity index (χ3n) is 2.44. The molecule has 1 amide bonds. The highest BCUT2D eigenvalue weighted by atomic mass is 79.9. The molecule has 0 saturated heterocycles. The number of hydrogen-bond donors (Lipinski definition) is 2. The average molecular weight is 376 g/mol. The van der Waals surface area contributed by atoms with Crippen molar-refractivity contribution < 1.29 is 9.53 Å². The molecule has 7 heteroatoms. The van der Waals surface area contributed by atoms with E-state index in [2.05, 4.69) is 15.9 Å². The van der Waals surface area contributed by atoms with E-state index in [1.807, 2.05) is 0 Å². The van der Waals surface area contributed by atoms with E-state index in [1.165, 1.54) is 12.1 Å². The minimum Gasteiger partial charge on any atom is -0.454 e. The molecule has 0 aliphatic carbocycles. The maximum absolute atomic E-state index is 11.5. The maximum Gasteiger partial charge on any atom is 0.252 e. The summed E-state index contributed by atoms with van der Waals surface area (Å²) >= 11 is 15.2. The van der Waals surface area contributed by atoms with Gasteiger partial charge < -0.3 is 16.2 Å². The van der Waals surface area contributed by atoms with Crippen LogP contribution in [0.4, 0.5) is 5.69 Å². The van der Waals surface area contributed by atoms with Crippen molar-refractivity contribution in [1.29, 1.82) is 0 Å². The van der Waals surface area contributed by atoms with E-state index >= 15 is 0 Å². The minimum atomic E-state index is -0.681. The van der Waals surface area contributed by atoms with Gasteiger partial charge in [0.1, 0.15) is 5.75 Å². The van der Waals surface area contributed by atoms with E-state index in [1.54, 1.807) is 18.2 Å². The van der Waals surface area contributed by atoms with Crippen LogP contribution in [0.2, 0.25) is 10.0 Å². The van der Waals surface area contributed by atoms with Gasteiger partial charge in [-0.05, 0) is 46.3 Å². The second kappa shape index (κ2) is 5.91. The summed E-state index contributed by atoms with van der Waals surface area (Å²) < 4.78 is 6.27. The second-order valence-electron chi connectivity index (χ2n) is 3.92. The Morgan fingerprint density at radius 1 is 1.20 bits per heavy atom. The van der Waals surface area contributed by atoms with Crippen molar-refractivity contribution in [3.05, 3.63) is 50.4 Å². The van der Waals surface area contributed by atoms with Crippen molar-refractivity contribution in [2.45, 2.75) is 0 Å². The summed E-state index contributed by atoms with van der Waals surface area (Å²) in [6.45, 7) is 0. The number of benzene rings is 2. The predicted molar refractivity (Wildman–Crippen MR) is 83.6 cm³/mol. The number of primary amides is 1. The average Bonchev–Trinajstić information content (AvgIpc) is 2.34. The van der Waals surface area contributed by atoms with Gasteiger partial charge in [0.2, 0.25) is 0 Å². The van der Waals surface area contributed by atoms with E-state index in [4.69, 9.17) is 39.4 Å². The van der Waals surface area contributed by atoms with Crippen molar-refractivity contribution in [2.75, 3.05) is 5.73 Å². The van der Waals surface area contributed by atoms with Gasteiger partial charge in [-0.15, -0.1) is 0 Å². The fourth-order valence-electron chi connectivity index (χ4n) is 1.57. The summed E-state index contributed by atoms with van der Waals surface area (Å²) in [5.41, 5.74) is 11.4. The number of ether oxygens (including phenoxy) is 1. The molecule has 0 aliphatic rings. The molecule has 104 valence electrons. The number of nitrogen functional groups attached to an aromatic ring is 1. The number of carbonyl (C=O) groups is 1. The second-order valence-corrected chi connectivity index (χ2v) is 5.62. The number of rotatable bonds is 3. The Bertz CT molecular complexity index is 692. The zero-order chi connectivity index (χ0) is 14.9. The summed E-state index contributed by atoms with van der Waals surface area (Å²) in [5.74, 6) is -0.0840. The van der Waals surface area contributed by atoms with E-state index < -0.39 is 5.91 Å². The highest BCUT2D eigenvalue weighted by Crippen LogP contribution is 2.38. The van der Waals surface area contributed by atoms with Crippen LogP contribution in [0.3, 0.4) is 0 Å². The van der Waals surface area contributed by atoms with Gasteiger partial charge in [0.15, 0.2) is 5.75 Å². The third kappa shape index (κ3) is 3.17. The van der Waals surface area contributed by atoms with Gasteiger partial charge in [0.25, 0.3) is 5.91 Å². The molecule has 0 heterocycles. The van der Waals surface area contributed by atoms with Crippen molar-refractivity contribution in [3.63, 3.8) is 0 Å². The number of amides is 1. The zero-order valence-electron chi connectivity index (χ0n) is 9.99. The highest BCUT2D eigenvalue weighted by Gasteiger charge is 2.16. The van der Waals surface area contributed by atoms with Crippen LogP contribution in [0, 0.1) is 0 Å². The molecule has 0 aromatic heterocycles. The van der Waals surface area contributed by atoms with Gasteiger partial charge in [-0.1, -0.05) is 23.2 Å². The lowest BCUT2D eigenvalue weighted by Crippen LogP contribution is -2.13. The maximum atomic E-state index is 11.5. The lowest BCUT2D eigenvalue weighted by Gasteiger charge is -2.13. The van der Waals surface area contributed by atoms with Gasteiger partial charge in [0.05, 0.1) is 15.1 Å². The van der Waals surface area contributed by atoms with Crippen LogP contribution >= 0.6 is 39.1 Å². The molecular weight excluding hydrogens is 367 g/mol. The van der Waals surface area contributed by atoms with Crippen LogP contribution in [0.15, 0.2) is 34.8 Å². The van der Waals surface area contributed by atoms with Crippen molar-refractivity contribution >= 4 is 50.7 Å². The summed E-state index contributed by atoms with van der Waals surface area (Å²) in [4.78, 5) is 11.5. The highest BCUT2D eigenvalue weighted by molar-refractivity contribution is 9.10. The molecule has 0 unspecified atom stereocenters. The lowest BCUT2D eigenvalue weighted by molar-refractivity contribution is 0.0998. The monoisotopic (exact) mass is 374 g/mol. The Hall–Kier alpha value is -1.43. The Kier molecular flexibility index (Phi) is 4.42. The molecule has 2 aromatic rings. The standard InChI is InChI=1S/C13H9BrCl2N2O2/c14-9-3-6(15)1-2-11(9)20-12-8(13(18)19)4-7(17)5-10(12)16/h1-5H,17H2,(H2,18,19). The first-order chi connectivity index (χ1) is 9.38. The quantitative estimate of drug-likeness (QED) is 0.788. The van der Waals surface area contributed by atoms with Crippen molar-refractivity contribution in [1.82, 2.24) is 0 Å². The fourth-order valence-corrected chi connectivity index (χ4v) is 2.60. The van der Waals surface area contributed by atoms with Crippen molar-refractivity contribution in [2.24, 2.45) is 5.73 Å². The topological polar surface area (TPSA) is 78.3 Å². The number of anilines is 1. The van der Waals surface area contributed by atoms with Crippen LogP contribution in [0.25, 0.3) is 0 Å². The van der Waals surface area contributed by atoms with Crippen LogP contribution in [-0.2, 0) is 0 Å². The van der Waals surface area contributed by atoms with Crippen LogP contribution in [0.5, 0.6) is 11.5 Å². The first-order valence-corrected chi connectivity index (χ1v) is 6.95. The predicted octanol–water partition coefficient (Wildman–Crippen LogP) is 4.23. The molecule has 0 spiro atoms. The lowest BCUT2D eigenvalue weighted by atomic mass is 10.1. The van der Waals surface area contributed by atoms with Gasteiger partial charge in [-0.3, -0.25) is 4.79 Å². The van der Waals surface area contributed by atoms with E-state index in [9.17, 15) is 4.79 Å². The first kappa shape index (κ1) is 15.0. The normalized spacial score (nSPS) is 10.3. The number of halogens is 3. The molecule has 0 atom stereocenters.